The number of rotatable bonds is 4. The maximum atomic E-state index is 5.76. The van der Waals surface area contributed by atoms with Gasteiger partial charge in [-0.3, -0.25) is 0 Å². The Bertz CT molecular complexity index is 112. The van der Waals surface area contributed by atoms with Crippen LogP contribution in [0.25, 0.3) is 0 Å². The van der Waals surface area contributed by atoms with E-state index in [-0.39, 0.29) is 0 Å². The molecule has 0 N–H and O–H groups in total. The van der Waals surface area contributed by atoms with Crippen LogP contribution in [0.3, 0.4) is 0 Å². The lowest BCUT2D eigenvalue weighted by molar-refractivity contribution is 0.235. The molecule has 0 aliphatic carbocycles. The molecular weight excluding hydrogens is 140 g/mol. The Morgan fingerprint density at radius 2 is 2.10 bits per heavy atom. The fourth-order valence-corrected chi connectivity index (χ4v) is 2.44. The van der Waals surface area contributed by atoms with Gasteiger partial charge in [-0.25, -0.2) is 0 Å². The van der Waals surface area contributed by atoms with Crippen LogP contribution in [0.1, 0.15) is 20.8 Å². The molecule has 0 aliphatic heterocycles. The van der Waals surface area contributed by atoms with Crippen molar-refractivity contribution in [1.29, 1.82) is 0 Å². The van der Waals surface area contributed by atoms with E-state index in [2.05, 4.69) is 33.9 Å². The summed E-state index contributed by atoms with van der Waals surface area (Å²) in [6.07, 6.45) is 0.342. The normalized spacial score (nSPS) is 16.9. The summed E-state index contributed by atoms with van der Waals surface area (Å²) < 4.78 is 5.76. The van der Waals surface area contributed by atoms with E-state index in [1.54, 1.807) is 0 Å². The molecule has 1 unspecified atom stereocenters. The predicted molar refractivity (Wildman–Crippen MR) is 48.5 cm³/mol. The first kappa shape index (κ1) is 9.92. The molecule has 0 aromatic heterocycles. The SMILES string of the molecule is C=C[Si](C)(CC)OC(C)C. The molecule has 0 fully saturated rings. The van der Waals surface area contributed by atoms with Crippen LogP contribution < -0.4 is 0 Å². The highest BCUT2D eigenvalue weighted by atomic mass is 28.4. The predicted octanol–water partition coefficient (Wildman–Crippen LogP) is 2.73. The van der Waals surface area contributed by atoms with Gasteiger partial charge in [0.2, 0.25) is 8.32 Å². The Morgan fingerprint density at radius 1 is 1.60 bits per heavy atom. The second kappa shape index (κ2) is 3.94. The zero-order chi connectivity index (χ0) is 8.20. The van der Waals surface area contributed by atoms with E-state index >= 15 is 0 Å². The van der Waals surface area contributed by atoms with Crippen molar-refractivity contribution in [1.82, 2.24) is 0 Å². The lowest BCUT2D eigenvalue weighted by Crippen LogP contribution is -2.33. The highest BCUT2D eigenvalue weighted by Gasteiger charge is 2.23. The molecule has 0 rings (SSSR count). The van der Waals surface area contributed by atoms with Gasteiger partial charge in [0.25, 0.3) is 0 Å². The molecule has 1 nitrogen and oxygen atoms in total. The average Bonchev–Trinajstić information content (AvgIpc) is 1.87. The van der Waals surface area contributed by atoms with Crippen molar-refractivity contribution >= 4 is 8.32 Å². The van der Waals surface area contributed by atoms with Gasteiger partial charge in [0.15, 0.2) is 0 Å². The van der Waals surface area contributed by atoms with Crippen LogP contribution in [0.15, 0.2) is 12.3 Å². The first-order chi connectivity index (χ1) is 4.54. The molecule has 0 aromatic rings. The number of hydrogen-bond donors (Lipinski definition) is 0. The monoisotopic (exact) mass is 158 g/mol. The van der Waals surface area contributed by atoms with E-state index in [1.807, 2.05) is 5.70 Å². The lowest BCUT2D eigenvalue weighted by atomic mass is 10.5. The molecule has 0 radical (unpaired) electrons. The van der Waals surface area contributed by atoms with Gasteiger partial charge in [0.1, 0.15) is 0 Å². The summed E-state index contributed by atoms with van der Waals surface area (Å²) in [5.41, 5.74) is 2.01. The molecule has 2 heteroatoms. The van der Waals surface area contributed by atoms with Gasteiger partial charge < -0.3 is 4.43 Å². The van der Waals surface area contributed by atoms with Crippen LogP contribution in [0.2, 0.25) is 12.6 Å². The van der Waals surface area contributed by atoms with Crippen LogP contribution in [0.4, 0.5) is 0 Å². The van der Waals surface area contributed by atoms with E-state index in [9.17, 15) is 0 Å². The highest BCUT2D eigenvalue weighted by molar-refractivity contribution is 6.77. The summed E-state index contributed by atoms with van der Waals surface area (Å²) in [6, 6.07) is 1.12. The van der Waals surface area contributed by atoms with Crippen molar-refractivity contribution in [3.63, 3.8) is 0 Å². The Labute approximate surface area is 65.2 Å². The van der Waals surface area contributed by atoms with Gasteiger partial charge in [-0.05, 0) is 26.4 Å². The second-order valence-electron chi connectivity index (χ2n) is 3.04. The topological polar surface area (TPSA) is 9.23 Å². The largest absolute Gasteiger partial charge is 0.411 e. The van der Waals surface area contributed by atoms with Gasteiger partial charge in [0, 0.05) is 6.10 Å². The van der Waals surface area contributed by atoms with Crippen molar-refractivity contribution in [3.05, 3.63) is 12.3 Å². The summed E-state index contributed by atoms with van der Waals surface area (Å²) in [6.45, 7) is 12.3. The molecule has 1 atom stereocenters. The fraction of sp³-hybridized carbons (Fsp3) is 0.750. The van der Waals surface area contributed by atoms with Gasteiger partial charge >= 0.3 is 0 Å². The van der Waals surface area contributed by atoms with E-state index in [0.717, 1.165) is 6.04 Å². The van der Waals surface area contributed by atoms with Crippen LogP contribution in [-0.2, 0) is 4.43 Å². The standard InChI is InChI=1S/C8H18OSi/c1-6-10(5,7-2)9-8(3)4/h6,8H,1,7H2,2-5H3. The average molecular weight is 158 g/mol. The van der Waals surface area contributed by atoms with Gasteiger partial charge in [-0.2, -0.15) is 0 Å². The summed E-state index contributed by atoms with van der Waals surface area (Å²) in [5, 5.41) is 0. The van der Waals surface area contributed by atoms with Gasteiger partial charge in [-0.15, -0.1) is 6.58 Å². The minimum absolute atomic E-state index is 0.342. The van der Waals surface area contributed by atoms with Crippen LogP contribution >= 0.6 is 0 Å². The first-order valence-electron chi connectivity index (χ1n) is 3.85. The molecule has 10 heavy (non-hydrogen) atoms. The van der Waals surface area contributed by atoms with Crippen molar-refractivity contribution in [3.8, 4) is 0 Å². The highest BCUT2D eigenvalue weighted by Crippen LogP contribution is 2.13. The number of hydrogen-bond acceptors (Lipinski definition) is 1. The third-order valence-electron chi connectivity index (χ3n) is 1.64. The maximum Gasteiger partial charge on any atom is 0.213 e. The maximum absolute atomic E-state index is 5.76. The molecule has 0 heterocycles. The van der Waals surface area contributed by atoms with Crippen molar-refractivity contribution in [2.24, 2.45) is 0 Å². The lowest BCUT2D eigenvalue weighted by Gasteiger charge is -2.24. The molecule has 0 bridgehead atoms. The summed E-state index contributed by atoms with van der Waals surface area (Å²) >= 11 is 0. The van der Waals surface area contributed by atoms with Crippen molar-refractivity contribution in [2.45, 2.75) is 39.5 Å². The van der Waals surface area contributed by atoms with E-state index in [4.69, 9.17) is 4.43 Å². The van der Waals surface area contributed by atoms with E-state index in [0.29, 0.717) is 6.10 Å². The smallest absolute Gasteiger partial charge is 0.213 e. The Balaban J connectivity index is 3.92. The summed E-state index contributed by atoms with van der Waals surface area (Å²) in [4.78, 5) is 0. The molecule has 0 amide bonds. The van der Waals surface area contributed by atoms with E-state index in [1.165, 1.54) is 0 Å². The quantitative estimate of drug-likeness (QED) is 0.572. The van der Waals surface area contributed by atoms with Crippen molar-refractivity contribution in [2.75, 3.05) is 0 Å². The fourth-order valence-electron chi connectivity index (χ4n) is 0.814. The van der Waals surface area contributed by atoms with Gasteiger partial charge in [0.05, 0.1) is 0 Å². The first-order valence-corrected chi connectivity index (χ1v) is 6.54. The van der Waals surface area contributed by atoms with Crippen LogP contribution in [0.5, 0.6) is 0 Å². The Kier molecular flexibility index (Phi) is 3.90. The van der Waals surface area contributed by atoms with Crippen LogP contribution in [-0.4, -0.2) is 14.4 Å². The third kappa shape index (κ3) is 3.18. The molecule has 0 aromatic carbocycles. The van der Waals surface area contributed by atoms with Gasteiger partial charge in [-0.1, -0.05) is 12.6 Å². The zero-order valence-corrected chi connectivity index (χ0v) is 8.48. The molecule has 0 saturated carbocycles. The molecule has 0 aliphatic rings. The summed E-state index contributed by atoms with van der Waals surface area (Å²) in [7, 11) is -1.50. The summed E-state index contributed by atoms with van der Waals surface area (Å²) in [5.74, 6) is 0. The second-order valence-corrected chi connectivity index (χ2v) is 7.01. The van der Waals surface area contributed by atoms with Crippen LogP contribution in [0, 0.1) is 0 Å². The third-order valence-corrected chi connectivity index (χ3v) is 4.92. The minimum atomic E-state index is -1.50. The molecular formula is C8H18OSi. The van der Waals surface area contributed by atoms with Crippen molar-refractivity contribution < 1.29 is 4.43 Å². The molecule has 60 valence electrons. The Hall–Kier alpha value is -0.0831. The van der Waals surface area contributed by atoms with E-state index < -0.39 is 8.32 Å². The molecule has 0 spiro atoms. The zero-order valence-electron chi connectivity index (χ0n) is 7.48. The minimum Gasteiger partial charge on any atom is -0.411 e. The molecule has 0 saturated heterocycles. The Morgan fingerprint density at radius 3 is 2.20 bits per heavy atom.